The van der Waals surface area contributed by atoms with E-state index in [0.717, 1.165) is 22.4 Å². The van der Waals surface area contributed by atoms with Crippen LogP contribution in [-0.2, 0) is 13.2 Å². The first-order valence-electron chi connectivity index (χ1n) is 8.92. The Bertz CT molecular complexity index is 783. The lowest BCUT2D eigenvalue weighted by Crippen LogP contribution is -2.20. The molecule has 0 bridgehead atoms. The summed E-state index contributed by atoms with van der Waals surface area (Å²) >= 11 is 0. The number of aryl methyl sites for hydroxylation is 1. The van der Waals surface area contributed by atoms with Gasteiger partial charge in [-0.25, -0.2) is 0 Å². The molecule has 0 saturated carbocycles. The van der Waals surface area contributed by atoms with E-state index in [2.05, 4.69) is 36.5 Å². The monoisotopic (exact) mass is 347 g/mol. The first kappa shape index (κ1) is 18.2. The minimum Gasteiger partial charge on any atom is -0.489 e. The van der Waals surface area contributed by atoms with Crippen LogP contribution < -0.4 is 10.1 Å². The average molecular weight is 347 g/mol. The lowest BCUT2D eigenvalue weighted by atomic mass is 10.1. The number of aliphatic hydroxyl groups is 1. The predicted octanol–water partition coefficient (Wildman–Crippen LogP) is 4.40. The van der Waals surface area contributed by atoms with Crippen LogP contribution in [0, 0.1) is 6.92 Å². The van der Waals surface area contributed by atoms with E-state index in [4.69, 9.17) is 4.74 Å². The Hall–Kier alpha value is -2.62. The van der Waals surface area contributed by atoms with Gasteiger partial charge in [-0.2, -0.15) is 0 Å². The highest BCUT2D eigenvalue weighted by atomic mass is 16.5. The summed E-state index contributed by atoms with van der Waals surface area (Å²) in [6.45, 7) is 3.88. The molecular weight excluding hydrogens is 322 g/mol. The van der Waals surface area contributed by atoms with Gasteiger partial charge in [-0.3, -0.25) is 0 Å². The van der Waals surface area contributed by atoms with Gasteiger partial charge in [0.25, 0.3) is 0 Å². The van der Waals surface area contributed by atoms with Crippen LogP contribution >= 0.6 is 0 Å². The Morgan fingerprint density at radius 1 is 0.846 bits per heavy atom. The highest BCUT2D eigenvalue weighted by Crippen LogP contribution is 2.15. The van der Waals surface area contributed by atoms with Gasteiger partial charge in [0.05, 0.1) is 6.10 Å². The molecule has 3 aromatic rings. The zero-order valence-corrected chi connectivity index (χ0v) is 15.1. The van der Waals surface area contributed by atoms with Gasteiger partial charge in [0.15, 0.2) is 0 Å². The van der Waals surface area contributed by atoms with Crippen LogP contribution in [0.25, 0.3) is 0 Å². The van der Waals surface area contributed by atoms with Crippen LogP contribution in [0.1, 0.15) is 28.4 Å². The van der Waals surface area contributed by atoms with Crippen LogP contribution in [0.4, 0.5) is 0 Å². The standard InChI is InChI=1S/C23H25NO2/c1-18-7-9-20(10-8-18)17-26-22-13-11-19(12-14-22)15-24-16-23(25)21-5-3-2-4-6-21/h2-14,23-25H,15-17H2,1H3. The van der Waals surface area contributed by atoms with E-state index in [0.29, 0.717) is 19.7 Å². The fourth-order valence-corrected chi connectivity index (χ4v) is 2.70. The van der Waals surface area contributed by atoms with E-state index in [1.54, 1.807) is 0 Å². The molecule has 0 aliphatic heterocycles. The molecule has 0 aliphatic rings. The summed E-state index contributed by atoms with van der Waals surface area (Å²) in [5.41, 5.74) is 4.51. The minimum absolute atomic E-state index is 0.492. The molecule has 0 amide bonds. The molecule has 1 unspecified atom stereocenters. The third kappa shape index (κ3) is 5.45. The third-order valence-corrected chi connectivity index (χ3v) is 4.30. The Balaban J connectivity index is 1.43. The second kappa shape index (κ2) is 9.18. The molecule has 134 valence electrons. The first-order valence-corrected chi connectivity index (χ1v) is 8.92. The third-order valence-electron chi connectivity index (χ3n) is 4.30. The van der Waals surface area contributed by atoms with Crippen molar-refractivity contribution in [2.45, 2.75) is 26.2 Å². The van der Waals surface area contributed by atoms with Gasteiger partial charge < -0.3 is 15.2 Å². The van der Waals surface area contributed by atoms with Crippen LogP contribution in [0.5, 0.6) is 5.75 Å². The molecule has 0 spiro atoms. The molecule has 0 saturated heterocycles. The van der Waals surface area contributed by atoms with Gasteiger partial charge in [0.1, 0.15) is 12.4 Å². The lowest BCUT2D eigenvalue weighted by molar-refractivity contribution is 0.174. The van der Waals surface area contributed by atoms with Crippen LogP contribution in [-0.4, -0.2) is 11.7 Å². The number of benzene rings is 3. The van der Waals surface area contributed by atoms with E-state index in [9.17, 15) is 5.11 Å². The predicted molar refractivity (Wildman–Crippen MR) is 105 cm³/mol. The molecule has 3 heteroatoms. The quantitative estimate of drug-likeness (QED) is 0.635. The van der Waals surface area contributed by atoms with Crippen LogP contribution in [0.3, 0.4) is 0 Å². The highest BCUT2D eigenvalue weighted by Gasteiger charge is 2.06. The van der Waals surface area contributed by atoms with Crippen molar-refractivity contribution in [3.05, 3.63) is 101 Å². The SMILES string of the molecule is Cc1ccc(COc2ccc(CNCC(O)c3ccccc3)cc2)cc1. The molecule has 1 atom stereocenters. The second-order valence-electron chi connectivity index (χ2n) is 6.48. The van der Waals surface area contributed by atoms with Crippen LogP contribution in [0.15, 0.2) is 78.9 Å². The number of aliphatic hydroxyl groups excluding tert-OH is 1. The normalized spacial score (nSPS) is 11.9. The first-order chi connectivity index (χ1) is 12.7. The van der Waals surface area contributed by atoms with Gasteiger partial charge >= 0.3 is 0 Å². The van der Waals surface area contributed by atoms with Crippen molar-refractivity contribution in [3.63, 3.8) is 0 Å². The maximum Gasteiger partial charge on any atom is 0.119 e. The van der Waals surface area contributed by atoms with Crippen LogP contribution in [0.2, 0.25) is 0 Å². The maximum absolute atomic E-state index is 10.2. The Morgan fingerprint density at radius 2 is 1.50 bits per heavy atom. The number of ether oxygens (including phenoxy) is 1. The van der Waals surface area contributed by atoms with Crippen molar-refractivity contribution in [2.24, 2.45) is 0 Å². The second-order valence-corrected chi connectivity index (χ2v) is 6.48. The van der Waals surface area contributed by atoms with E-state index in [1.807, 2.05) is 54.6 Å². The number of hydrogen-bond acceptors (Lipinski definition) is 3. The smallest absolute Gasteiger partial charge is 0.119 e. The van der Waals surface area contributed by atoms with Gasteiger partial charge in [0.2, 0.25) is 0 Å². The molecule has 2 N–H and O–H groups in total. The molecule has 0 fully saturated rings. The van der Waals surface area contributed by atoms with Gasteiger partial charge in [-0.1, -0.05) is 72.3 Å². The summed E-state index contributed by atoms with van der Waals surface area (Å²) in [5.74, 6) is 0.860. The average Bonchev–Trinajstić information content (AvgIpc) is 2.69. The Labute approximate surface area is 155 Å². The van der Waals surface area contributed by atoms with Crippen molar-refractivity contribution in [1.29, 1.82) is 0 Å². The van der Waals surface area contributed by atoms with Crippen molar-refractivity contribution < 1.29 is 9.84 Å². The summed E-state index contributed by atoms with van der Waals surface area (Å²) in [6, 6.07) is 26.1. The zero-order valence-electron chi connectivity index (χ0n) is 15.1. The number of rotatable bonds is 8. The van der Waals surface area contributed by atoms with E-state index in [1.165, 1.54) is 5.56 Å². The van der Waals surface area contributed by atoms with Crippen molar-refractivity contribution in [1.82, 2.24) is 5.32 Å². The molecule has 3 rings (SSSR count). The number of nitrogens with one attached hydrogen (secondary N) is 1. The largest absolute Gasteiger partial charge is 0.489 e. The van der Waals surface area contributed by atoms with Gasteiger partial charge in [-0.05, 0) is 35.7 Å². The van der Waals surface area contributed by atoms with Crippen molar-refractivity contribution in [2.75, 3.05) is 6.54 Å². The summed E-state index contributed by atoms with van der Waals surface area (Å²) < 4.78 is 5.83. The highest BCUT2D eigenvalue weighted by molar-refractivity contribution is 5.28. The minimum atomic E-state index is -0.492. The molecule has 0 aromatic heterocycles. The zero-order chi connectivity index (χ0) is 18.2. The molecule has 0 radical (unpaired) electrons. The maximum atomic E-state index is 10.2. The summed E-state index contributed by atoms with van der Waals surface area (Å²) in [5, 5.41) is 13.4. The fraction of sp³-hybridized carbons (Fsp3) is 0.217. The Kier molecular flexibility index (Phi) is 6.42. The summed E-state index contributed by atoms with van der Waals surface area (Å²) in [6.07, 6.45) is -0.492. The fourth-order valence-electron chi connectivity index (χ4n) is 2.70. The van der Waals surface area contributed by atoms with Gasteiger partial charge in [0, 0.05) is 13.1 Å². The Morgan fingerprint density at radius 3 is 2.19 bits per heavy atom. The molecule has 3 aromatic carbocycles. The number of hydrogen-bond donors (Lipinski definition) is 2. The molecule has 26 heavy (non-hydrogen) atoms. The lowest BCUT2D eigenvalue weighted by Gasteiger charge is -2.12. The van der Waals surface area contributed by atoms with Gasteiger partial charge in [-0.15, -0.1) is 0 Å². The van der Waals surface area contributed by atoms with E-state index in [-0.39, 0.29) is 0 Å². The van der Waals surface area contributed by atoms with E-state index >= 15 is 0 Å². The molecule has 0 heterocycles. The molecular formula is C23H25NO2. The topological polar surface area (TPSA) is 41.5 Å². The molecule has 3 nitrogen and oxygen atoms in total. The summed E-state index contributed by atoms with van der Waals surface area (Å²) in [4.78, 5) is 0. The van der Waals surface area contributed by atoms with Crippen molar-refractivity contribution >= 4 is 0 Å². The van der Waals surface area contributed by atoms with Crippen molar-refractivity contribution in [3.8, 4) is 5.75 Å². The van der Waals surface area contributed by atoms with E-state index < -0.39 is 6.10 Å². The molecule has 0 aliphatic carbocycles. The summed E-state index contributed by atoms with van der Waals surface area (Å²) in [7, 11) is 0.